The summed E-state index contributed by atoms with van der Waals surface area (Å²) in [6, 6.07) is 0. The third-order valence-corrected chi connectivity index (χ3v) is 3.52. The normalized spacial score (nSPS) is 11.4. The van der Waals surface area contributed by atoms with Crippen LogP contribution in [-0.4, -0.2) is 18.7 Å². The lowest BCUT2D eigenvalue weighted by molar-refractivity contribution is 0.622. The molecule has 0 aliphatic heterocycles. The Hall–Kier alpha value is -1.56. The Kier molecular flexibility index (Phi) is 3.80. The third kappa shape index (κ3) is 2.10. The fourth-order valence-corrected chi connectivity index (χ4v) is 2.35. The number of halogens is 1. The molecule has 6 nitrogen and oxygen atoms in total. The second-order valence-corrected chi connectivity index (χ2v) is 4.81. The second kappa shape index (κ2) is 5.21. The van der Waals surface area contributed by atoms with E-state index in [-0.39, 0.29) is 17.1 Å². The van der Waals surface area contributed by atoms with Gasteiger partial charge in [-0.25, -0.2) is 9.78 Å². The van der Waals surface area contributed by atoms with Crippen LogP contribution in [0.25, 0.3) is 11.2 Å². The van der Waals surface area contributed by atoms with Crippen LogP contribution in [0.15, 0.2) is 9.59 Å². The van der Waals surface area contributed by atoms with Gasteiger partial charge in [0.15, 0.2) is 11.2 Å². The van der Waals surface area contributed by atoms with Gasteiger partial charge < -0.3 is 4.57 Å². The van der Waals surface area contributed by atoms with Gasteiger partial charge in [0.2, 0.25) is 0 Å². The zero-order valence-corrected chi connectivity index (χ0v) is 12.1. The monoisotopic (exact) mass is 284 g/mol. The van der Waals surface area contributed by atoms with E-state index in [2.05, 4.69) is 11.9 Å². The third-order valence-electron chi connectivity index (χ3n) is 3.28. The zero-order chi connectivity index (χ0) is 14.2. The minimum atomic E-state index is -0.376. The fourth-order valence-electron chi connectivity index (χ4n) is 2.15. The number of hydrogen-bond donors (Lipinski definition) is 0. The molecule has 2 aromatic heterocycles. The summed E-state index contributed by atoms with van der Waals surface area (Å²) in [6.45, 7) is 2.76. The van der Waals surface area contributed by atoms with Crippen LogP contribution in [0.2, 0.25) is 0 Å². The molecule has 0 saturated carbocycles. The predicted molar refractivity (Wildman–Crippen MR) is 74.7 cm³/mol. The molecule has 2 aromatic rings. The van der Waals surface area contributed by atoms with Gasteiger partial charge in [0.25, 0.3) is 5.56 Å². The van der Waals surface area contributed by atoms with Gasteiger partial charge in [-0.05, 0) is 6.42 Å². The summed E-state index contributed by atoms with van der Waals surface area (Å²) in [4.78, 5) is 28.5. The van der Waals surface area contributed by atoms with Gasteiger partial charge in [-0.3, -0.25) is 13.9 Å². The first kappa shape index (κ1) is 13.9. The van der Waals surface area contributed by atoms with E-state index in [0.717, 1.165) is 17.4 Å². The molecule has 0 bridgehead atoms. The van der Waals surface area contributed by atoms with Crippen molar-refractivity contribution < 1.29 is 0 Å². The summed E-state index contributed by atoms with van der Waals surface area (Å²) in [5.41, 5.74) is 0.158. The van der Waals surface area contributed by atoms with Crippen LogP contribution in [-0.2, 0) is 26.5 Å². The van der Waals surface area contributed by atoms with E-state index in [1.54, 1.807) is 7.05 Å². The molecule has 104 valence electrons. The fraction of sp³-hybridized carbons (Fsp3) is 0.583. The van der Waals surface area contributed by atoms with E-state index >= 15 is 0 Å². The molecule has 2 heterocycles. The lowest BCUT2D eigenvalue weighted by atomic mass is 10.3. The Balaban J connectivity index is 2.87. The molecule has 0 aliphatic carbocycles. The number of hydrogen-bond acceptors (Lipinski definition) is 3. The standard InChI is InChI=1S/C12H17ClN4O2/c1-4-5-6-17-8(7-13)14-10-9(17)11(18)16(3)12(19)15(10)2/h4-7H2,1-3H3. The number of alkyl halides is 1. The molecule has 0 atom stereocenters. The number of imidazole rings is 1. The maximum absolute atomic E-state index is 12.3. The maximum Gasteiger partial charge on any atom is 0.332 e. The minimum absolute atomic E-state index is 0.218. The van der Waals surface area contributed by atoms with E-state index in [1.165, 1.54) is 11.6 Å². The van der Waals surface area contributed by atoms with Crippen LogP contribution in [0.3, 0.4) is 0 Å². The Morgan fingerprint density at radius 2 is 1.89 bits per heavy atom. The Labute approximate surface area is 115 Å². The van der Waals surface area contributed by atoms with Crippen molar-refractivity contribution in [2.75, 3.05) is 0 Å². The molecular formula is C12H17ClN4O2. The van der Waals surface area contributed by atoms with Gasteiger partial charge in [-0.1, -0.05) is 13.3 Å². The zero-order valence-electron chi connectivity index (χ0n) is 11.3. The number of fused-ring (bicyclic) bond motifs is 1. The second-order valence-electron chi connectivity index (χ2n) is 4.54. The van der Waals surface area contributed by atoms with Crippen molar-refractivity contribution in [3.05, 3.63) is 26.7 Å². The number of rotatable bonds is 4. The predicted octanol–water partition coefficient (Wildman–Crippen LogP) is 0.973. The van der Waals surface area contributed by atoms with E-state index in [1.807, 2.05) is 4.57 Å². The van der Waals surface area contributed by atoms with Crippen LogP contribution < -0.4 is 11.2 Å². The van der Waals surface area contributed by atoms with Gasteiger partial charge in [0, 0.05) is 20.6 Å². The lowest BCUT2D eigenvalue weighted by Gasteiger charge is -2.07. The number of aromatic nitrogens is 4. The van der Waals surface area contributed by atoms with Crippen molar-refractivity contribution in [3.8, 4) is 0 Å². The molecule has 0 saturated heterocycles. The molecule has 0 fully saturated rings. The van der Waals surface area contributed by atoms with Crippen molar-refractivity contribution in [3.63, 3.8) is 0 Å². The quantitative estimate of drug-likeness (QED) is 0.786. The molecule has 0 aromatic carbocycles. The molecule has 0 unspecified atom stereocenters. The highest BCUT2D eigenvalue weighted by Gasteiger charge is 2.17. The molecule has 0 amide bonds. The molecule has 0 radical (unpaired) electrons. The lowest BCUT2D eigenvalue weighted by Crippen LogP contribution is -2.37. The van der Waals surface area contributed by atoms with Crippen LogP contribution in [0.4, 0.5) is 0 Å². The molecular weight excluding hydrogens is 268 g/mol. The Morgan fingerprint density at radius 3 is 2.47 bits per heavy atom. The summed E-state index contributed by atoms with van der Waals surface area (Å²) in [5, 5.41) is 0. The van der Waals surface area contributed by atoms with E-state index in [4.69, 9.17) is 11.6 Å². The van der Waals surface area contributed by atoms with Crippen LogP contribution in [0, 0.1) is 0 Å². The summed E-state index contributed by atoms with van der Waals surface area (Å²) >= 11 is 5.89. The first-order valence-corrected chi connectivity index (χ1v) is 6.77. The summed E-state index contributed by atoms with van der Waals surface area (Å²) < 4.78 is 4.31. The van der Waals surface area contributed by atoms with Gasteiger partial charge in [0.1, 0.15) is 5.82 Å². The SMILES string of the molecule is CCCCn1c(CCl)nc2c1c(=O)n(C)c(=O)n2C. The molecule has 0 N–H and O–H groups in total. The van der Waals surface area contributed by atoms with Crippen molar-refractivity contribution in [2.24, 2.45) is 14.1 Å². The van der Waals surface area contributed by atoms with E-state index in [0.29, 0.717) is 23.5 Å². The largest absolute Gasteiger partial charge is 0.332 e. The summed E-state index contributed by atoms with van der Waals surface area (Å²) in [5.74, 6) is 0.846. The maximum atomic E-state index is 12.3. The first-order chi connectivity index (χ1) is 9.02. The number of nitrogens with zero attached hydrogens (tertiary/aromatic N) is 4. The highest BCUT2D eigenvalue weighted by molar-refractivity contribution is 6.16. The number of unbranched alkanes of at least 4 members (excludes halogenated alkanes) is 1. The highest BCUT2D eigenvalue weighted by atomic mass is 35.5. The van der Waals surface area contributed by atoms with Gasteiger partial charge in [-0.15, -0.1) is 11.6 Å². The Bertz CT molecular complexity index is 726. The molecule has 7 heteroatoms. The smallest absolute Gasteiger partial charge is 0.321 e. The molecule has 19 heavy (non-hydrogen) atoms. The van der Waals surface area contributed by atoms with Gasteiger partial charge in [0.05, 0.1) is 5.88 Å². The molecule has 2 rings (SSSR count). The van der Waals surface area contributed by atoms with Crippen molar-refractivity contribution in [1.29, 1.82) is 0 Å². The van der Waals surface area contributed by atoms with Crippen LogP contribution in [0.1, 0.15) is 25.6 Å². The van der Waals surface area contributed by atoms with Crippen molar-refractivity contribution in [2.45, 2.75) is 32.2 Å². The topological polar surface area (TPSA) is 61.8 Å². The average molecular weight is 285 g/mol. The molecule has 0 aliphatic rings. The van der Waals surface area contributed by atoms with Gasteiger partial charge in [-0.2, -0.15) is 0 Å². The average Bonchev–Trinajstić information content (AvgIpc) is 2.79. The van der Waals surface area contributed by atoms with Crippen LogP contribution in [0.5, 0.6) is 0 Å². The molecule has 0 spiro atoms. The summed E-state index contributed by atoms with van der Waals surface area (Å²) in [6.07, 6.45) is 1.94. The van der Waals surface area contributed by atoms with E-state index in [9.17, 15) is 9.59 Å². The van der Waals surface area contributed by atoms with Crippen molar-refractivity contribution in [1.82, 2.24) is 18.7 Å². The summed E-state index contributed by atoms with van der Waals surface area (Å²) in [7, 11) is 3.08. The van der Waals surface area contributed by atoms with Crippen molar-refractivity contribution >= 4 is 22.8 Å². The highest BCUT2D eigenvalue weighted by Crippen LogP contribution is 2.14. The first-order valence-electron chi connectivity index (χ1n) is 6.24. The van der Waals surface area contributed by atoms with Crippen LogP contribution >= 0.6 is 11.6 Å². The Morgan fingerprint density at radius 1 is 1.21 bits per heavy atom. The van der Waals surface area contributed by atoms with Gasteiger partial charge >= 0.3 is 5.69 Å². The van der Waals surface area contributed by atoms with E-state index < -0.39 is 0 Å². The minimum Gasteiger partial charge on any atom is -0.321 e. The number of aryl methyl sites for hydroxylation is 2.